The van der Waals surface area contributed by atoms with Crippen LogP contribution in [0.5, 0.6) is 0 Å². The number of anilines is 1. The molecule has 4 rings (SSSR count). The van der Waals surface area contributed by atoms with Gasteiger partial charge < -0.3 is 15.2 Å². The molecule has 1 spiro atoms. The van der Waals surface area contributed by atoms with Gasteiger partial charge in [-0.15, -0.1) is 0 Å². The highest BCUT2D eigenvalue weighted by Crippen LogP contribution is 2.33. The number of urea groups is 1. The number of imidazole rings is 1. The minimum absolute atomic E-state index is 0.0746. The Morgan fingerprint density at radius 1 is 1.17 bits per heavy atom. The molecule has 0 unspecified atom stereocenters. The van der Waals surface area contributed by atoms with Crippen molar-refractivity contribution in [2.75, 3.05) is 11.9 Å². The lowest BCUT2D eigenvalue weighted by Gasteiger charge is -2.30. The maximum absolute atomic E-state index is 12.8. The van der Waals surface area contributed by atoms with E-state index in [2.05, 4.69) is 15.6 Å². The van der Waals surface area contributed by atoms with E-state index in [1.807, 2.05) is 42.0 Å². The first kappa shape index (κ1) is 20.1. The number of rotatable bonds is 6. The summed E-state index contributed by atoms with van der Waals surface area (Å²) in [6.45, 7) is 2.76. The Balaban J connectivity index is 1.29. The number of hydrogen-bond acceptors (Lipinski definition) is 4. The summed E-state index contributed by atoms with van der Waals surface area (Å²) in [6.07, 6.45) is 8.12. The maximum atomic E-state index is 12.8. The molecule has 8 heteroatoms. The summed E-state index contributed by atoms with van der Waals surface area (Å²) in [4.78, 5) is 42.8. The van der Waals surface area contributed by atoms with Gasteiger partial charge in [-0.2, -0.15) is 0 Å². The number of aromatic nitrogens is 2. The first-order chi connectivity index (χ1) is 14.5. The highest BCUT2D eigenvalue weighted by Gasteiger charge is 2.51. The molecule has 2 heterocycles. The van der Waals surface area contributed by atoms with Crippen LogP contribution in [0.2, 0.25) is 0 Å². The van der Waals surface area contributed by atoms with E-state index in [9.17, 15) is 14.4 Å². The van der Waals surface area contributed by atoms with E-state index < -0.39 is 5.54 Å². The largest absolute Gasteiger partial charge is 0.331 e. The summed E-state index contributed by atoms with van der Waals surface area (Å²) in [5.74, 6) is 0.542. The van der Waals surface area contributed by atoms with Crippen LogP contribution < -0.4 is 10.6 Å². The molecule has 158 valence electrons. The van der Waals surface area contributed by atoms with Gasteiger partial charge in [0.15, 0.2) is 0 Å². The number of nitrogens with zero attached hydrogens (tertiary/aromatic N) is 3. The number of amides is 4. The average Bonchev–Trinajstić information content (AvgIpc) is 3.23. The third kappa shape index (κ3) is 4.08. The van der Waals surface area contributed by atoms with E-state index in [0.717, 1.165) is 30.7 Å². The minimum atomic E-state index is -0.741. The van der Waals surface area contributed by atoms with E-state index in [1.165, 1.54) is 4.90 Å². The zero-order chi connectivity index (χ0) is 21.1. The van der Waals surface area contributed by atoms with Gasteiger partial charge in [0.2, 0.25) is 5.91 Å². The van der Waals surface area contributed by atoms with Crippen molar-refractivity contribution in [1.29, 1.82) is 0 Å². The lowest BCUT2D eigenvalue weighted by molar-refractivity contribution is -0.132. The highest BCUT2D eigenvalue weighted by molar-refractivity contribution is 6.07. The van der Waals surface area contributed by atoms with E-state index in [-0.39, 0.29) is 30.8 Å². The van der Waals surface area contributed by atoms with Crippen molar-refractivity contribution in [2.24, 2.45) is 0 Å². The molecule has 2 fully saturated rings. The molecule has 1 aliphatic carbocycles. The van der Waals surface area contributed by atoms with Gasteiger partial charge in [0.05, 0.1) is 0 Å². The summed E-state index contributed by atoms with van der Waals surface area (Å²) in [6, 6.07) is 7.24. The monoisotopic (exact) mass is 409 g/mol. The number of aryl methyl sites for hydroxylation is 1. The van der Waals surface area contributed by atoms with Crippen LogP contribution in [0.15, 0.2) is 36.7 Å². The number of carbonyl (C=O) groups is 3. The van der Waals surface area contributed by atoms with E-state index in [4.69, 9.17) is 0 Å². The van der Waals surface area contributed by atoms with Crippen molar-refractivity contribution in [1.82, 2.24) is 19.8 Å². The molecule has 2 aromatic rings. The van der Waals surface area contributed by atoms with Gasteiger partial charge in [-0.1, -0.05) is 31.4 Å². The van der Waals surface area contributed by atoms with Gasteiger partial charge in [-0.05, 0) is 37.5 Å². The van der Waals surface area contributed by atoms with Gasteiger partial charge in [-0.25, -0.2) is 9.78 Å². The van der Waals surface area contributed by atoms with Gasteiger partial charge in [0.1, 0.15) is 11.4 Å². The molecule has 0 radical (unpaired) electrons. The zero-order valence-corrected chi connectivity index (χ0v) is 17.2. The van der Waals surface area contributed by atoms with Crippen molar-refractivity contribution in [3.8, 4) is 0 Å². The molecular formula is C22H27N5O3. The van der Waals surface area contributed by atoms with Gasteiger partial charge in [-0.3, -0.25) is 14.5 Å². The summed E-state index contributed by atoms with van der Waals surface area (Å²) in [5, 5.41) is 5.71. The van der Waals surface area contributed by atoms with Crippen molar-refractivity contribution in [3.63, 3.8) is 0 Å². The number of benzene rings is 1. The SMILES string of the molecule is Cc1nccn1Cc1ccc(NC(=O)CCN2C(=O)NC3(CCCCC3)C2=O)cc1. The normalized spacial score (nSPS) is 18.0. The van der Waals surface area contributed by atoms with Gasteiger partial charge >= 0.3 is 6.03 Å². The fourth-order valence-electron chi connectivity index (χ4n) is 4.27. The molecule has 4 amide bonds. The van der Waals surface area contributed by atoms with E-state index in [0.29, 0.717) is 25.1 Å². The second-order valence-corrected chi connectivity index (χ2v) is 8.13. The smallest absolute Gasteiger partial charge is 0.325 e. The predicted octanol–water partition coefficient (Wildman–Crippen LogP) is 2.82. The third-order valence-electron chi connectivity index (χ3n) is 6.03. The van der Waals surface area contributed by atoms with Crippen molar-refractivity contribution < 1.29 is 14.4 Å². The van der Waals surface area contributed by atoms with E-state index in [1.54, 1.807) is 6.20 Å². The first-order valence-electron chi connectivity index (χ1n) is 10.5. The molecule has 1 aromatic heterocycles. The fraction of sp³-hybridized carbons (Fsp3) is 0.455. The molecule has 1 aliphatic heterocycles. The average molecular weight is 409 g/mol. The lowest BCUT2D eigenvalue weighted by Crippen LogP contribution is -2.48. The molecule has 30 heavy (non-hydrogen) atoms. The number of carbonyl (C=O) groups excluding carboxylic acids is 3. The number of imide groups is 1. The highest BCUT2D eigenvalue weighted by atomic mass is 16.2. The van der Waals surface area contributed by atoms with Crippen LogP contribution in [0.25, 0.3) is 0 Å². The Kier molecular flexibility index (Phi) is 5.57. The quantitative estimate of drug-likeness (QED) is 0.717. The second kappa shape index (κ2) is 8.30. The topological polar surface area (TPSA) is 96.3 Å². The van der Waals surface area contributed by atoms with Crippen molar-refractivity contribution >= 4 is 23.5 Å². The van der Waals surface area contributed by atoms with Crippen LogP contribution in [0.3, 0.4) is 0 Å². The predicted molar refractivity (Wildman–Crippen MR) is 112 cm³/mol. The van der Waals surface area contributed by atoms with Crippen LogP contribution in [0.4, 0.5) is 10.5 Å². The lowest BCUT2D eigenvalue weighted by atomic mass is 9.82. The summed E-state index contributed by atoms with van der Waals surface area (Å²) in [7, 11) is 0. The van der Waals surface area contributed by atoms with Gasteiger partial charge in [0.25, 0.3) is 5.91 Å². The summed E-state index contributed by atoms with van der Waals surface area (Å²) < 4.78 is 2.05. The summed E-state index contributed by atoms with van der Waals surface area (Å²) in [5.41, 5.74) is 1.05. The number of nitrogens with one attached hydrogen (secondary N) is 2. The molecule has 1 saturated heterocycles. The van der Waals surface area contributed by atoms with Gasteiger partial charge in [0, 0.05) is 37.6 Å². The maximum Gasteiger partial charge on any atom is 0.325 e. The Morgan fingerprint density at radius 3 is 2.57 bits per heavy atom. The van der Waals surface area contributed by atoms with Crippen LogP contribution >= 0.6 is 0 Å². The summed E-state index contributed by atoms with van der Waals surface area (Å²) >= 11 is 0. The molecule has 8 nitrogen and oxygen atoms in total. The molecule has 1 saturated carbocycles. The Morgan fingerprint density at radius 2 is 1.90 bits per heavy atom. The van der Waals surface area contributed by atoms with E-state index >= 15 is 0 Å². The van der Waals surface area contributed by atoms with Crippen LogP contribution in [-0.2, 0) is 16.1 Å². The Bertz CT molecular complexity index is 944. The molecule has 0 bridgehead atoms. The molecule has 2 aliphatic rings. The minimum Gasteiger partial charge on any atom is -0.331 e. The fourth-order valence-corrected chi connectivity index (χ4v) is 4.27. The standard InChI is InChI=1S/C22H27N5O3/c1-16-23-12-14-26(16)15-17-5-7-18(8-6-17)24-19(28)9-13-27-20(29)22(25-21(27)30)10-3-2-4-11-22/h5-8,12,14H,2-4,9-11,13,15H2,1H3,(H,24,28)(H,25,30). The molecule has 2 N–H and O–H groups in total. The van der Waals surface area contributed by atoms with Crippen molar-refractivity contribution in [2.45, 2.75) is 57.5 Å². The first-order valence-corrected chi connectivity index (χ1v) is 10.5. The Hall–Kier alpha value is -3.16. The molecule has 1 aromatic carbocycles. The second-order valence-electron chi connectivity index (χ2n) is 8.13. The van der Waals surface area contributed by atoms with Crippen LogP contribution in [0.1, 0.15) is 49.9 Å². The third-order valence-corrected chi connectivity index (χ3v) is 6.03. The van der Waals surface area contributed by atoms with Crippen molar-refractivity contribution in [3.05, 3.63) is 48.0 Å². The van der Waals surface area contributed by atoms with Crippen LogP contribution in [-0.4, -0.2) is 44.4 Å². The number of hydrogen-bond donors (Lipinski definition) is 2. The Labute approximate surface area is 175 Å². The molecular weight excluding hydrogens is 382 g/mol. The molecule has 0 atom stereocenters. The van der Waals surface area contributed by atoms with Crippen LogP contribution in [0, 0.1) is 6.92 Å². The zero-order valence-electron chi connectivity index (χ0n) is 17.2.